The predicted octanol–water partition coefficient (Wildman–Crippen LogP) is 3.18. The van der Waals surface area contributed by atoms with Crippen molar-refractivity contribution in [2.24, 2.45) is 0 Å². The summed E-state index contributed by atoms with van der Waals surface area (Å²) < 4.78 is 1.56. The van der Waals surface area contributed by atoms with E-state index in [0.717, 1.165) is 11.1 Å². The van der Waals surface area contributed by atoms with Gasteiger partial charge in [-0.1, -0.05) is 23.7 Å². The minimum absolute atomic E-state index is 0.0853. The number of nitrogens with one attached hydrogen (secondary N) is 1. The van der Waals surface area contributed by atoms with Gasteiger partial charge in [-0.2, -0.15) is 5.10 Å². The van der Waals surface area contributed by atoms with Crippen molar-refractivity contribution in [1.29, 1.82) is 0 Å². The molecule has 0 aliphatic heterocycles. The van der Waals surface area contributed by atoms with Gasteiger partial charge in [0.15, 0.2) is 17.9 Å². The first-order chi connectivity index (χ1) is 15.0. The molecule has 0 bridgehead atoms. The smallest absolute Gasteiger partial charge is 0.181 e. The van der Waals surface area contributed by atoms with E-state index in [1.165, 1.54) is 11.3 Å². The number of aliphatic hydroxyl groups is 3. The molecule has 4 aromatic rings. The Morgan fingerprint density at radius 2 is 1.90 bits per heavy atom. The summed E-state index contributed by atoms with van der Waals surface area (Å²) in [5, 5.41) is 39.2. The van der Waals surface area contributed by atoms with Gasteiger partial charge in [-0.3, -0.25) is 0 Å². The van der Waals surface area contributed by atoms with Crippen molar-refractivity contribution in [2.45, 2.75) is 18.9 Å². The Morgan fingerprint density at radius 3 is 2.58 bits per heavy atom. The highest BCUT2D eigenvalue weighted by Gasteiger charge is 2.17. The number of hydrogen-bond acceptors (Lipinski definition) is 8. The fraction of sp³-hybridized carbons (Fsp3) is 0.190. The first-order valence-electron chi connectivity index (χ1n) is 9.46. The number of thiazole rings is 1. The van der Waals surface area contributed by atoms with Crippen molar-refractivity contribution >= 4 is 28.6 Å². The summed E-state index contributed by atoms with van der Waals surface area (Å²) in [5.74, 6) is 0.998. The molecule has 2 aromatic heterocycles. The zero-order chi connectivity index (χ0) is 21.8. The monoisotopic (exact) mass is 457 g/mol. The highest BCUT2D eigenvalue weighted by atomic mass is 35.5. The van der Waals surface area contributed by atoms with Gasteiger partial charge in [0.05, 0.1) is 24.8 Å². The van der Waals surface area contributed by atoms with Crippen LogP contribution in [0.1, 0.15) is 11.9 Å². The van der Waals surface area contributed by atoms with Crippen LogP contribution in [0.2, 0.25) is 5.02 Å². The van der Waals surface area contributed by atoms with E-state index in [1.807, 2.05) is 36.4 Å². The molecule has 2 aromatic carbocycles. The van der Waals surface area contributed by atoms with Crippen LogP contribution in [0.25, 0.3) is 22.8 Å². The van der Waals surface area contributed by atoms with Crippen LogP contribution in [0.4, 0.5) is 5.69 Å². The number of aliphatic hydroxyl groups excluding tert-OH is 3. The van der Waals surface area contributed by atoms with Crippen molar-refractivity contribution in [2.75, 3.05) is 11.9 Å². The molecule has 10 heteroatoms. The molecule has 0 fully saturated rings. The highest BCUT2D eigenvalue weighted by molar-refractivity contribution is 7.07. The SMILES string of the molecule is OCC(O)Cn1nc(-c2cccc(Cl)c2)nc1-c1ccc(NC(O)c2cscn2)cc1. The van der Waals surface area contributed by atoms with Crippen LogP contribution >= 0.6 is 22.9 Å². The van der Waals surface area contributed by atoms with Crippen LogP contribution in [0.5, 0.6) is 0 Å². The van der Waals surface area contributed by atoms with Gasteiger partial charge in [-0.25, -0.2) is 14.6 Å². The van der Waals surface area contributed by atoms with Crippen molar-refractivity contribution in [3.8, 4) is 22.8 Å². The number of halogens is 1. The standard InChI is InChI=1S/C21H20ClN5O3S/c22-15-3-1-2-14(8-15)19-25-20(27(26-19)9-17(29)10-28)13-4-6-16(7-5-13)24-21(30)18-11-31-12-23-18/h1-8,11-12,17,21,24,28-30H,9-10H2. The van der Waals surface area contributed by atoms with Crippen LogP contribution in [-0.4, -0.2) is 47.8 Å². The lowest BCUT2D eigenvalue weighted by molar-refractivity contribution is 0.0786. The fourth-order valence-electron chi connectivity index (χ4n) is 2.99. The minimum Gasteiger partial charge on any atom is -0.394 e. The van der Waals surface area contributed by atoms with E-state index in [2.05, 4.69) is 20.4 Å². The summed E-state index contributed by atoms with van der Waals surface area (Å²) in [7, 11) is 0. The number of aromatic nitrogens is 4. The number of hydrogen-bond donors (Lipinski definition) is 4. The number of rotatable bonds is 8. The Bertz CT molecular complexity index is 1130. The zero-order valence-corrected chi connectivity index (χ0v) is 17.8. The Labute approximate surface area is 187 Å². The van der Waals surface area contributed by atoms with Crippen LogP contribution in [0.15, 0.2) is 59.4 Å². The van der Waals surface area contributed by atoms with Crippen molar-refractivity contribution < 1.29 is 15.3 Å². The van der Waals surface area contributed by atoms with E-state index >= 15 is 0 Å². The molecule has 8 nitrogen and oxygen atoms in total. The Kier molecular flexibility index (Phi) is 6.59. The third-order valence-electron chi connectivity index (χ3n) is 4.53. The molecular formula is C21H20ClN5O3S. The molecule has 2 unspecified atom stereocenters. The average molecular weight is 458 g/mol. The summed E-state index contributed by atoms with van der Waals surface area (Å²) in [6.07, 6.45) is -1.88. The molecule has 2 heterocycles. The Hall–Kier alpha value is -2.82. The average Bonchev–Trinajstić information content (AvgIpc) is 3.45. The van der Waals surface area contributed by atoms with Gasteiger partial charge in [0, 0.05) is 27.2 Å². The number of benzene rings is 2. The Balaban J connectivity index is 1.62. The highest BCUT2D eigenvalue weighted by Crippen LogP contribution is 2.26. The fourth-order valence-corrected chi connectivity index (χ4v) is 3.76. The molecule has 0 spiro atoms. The van der Waals surface area contributed by atoms with Gasteiger partial charge in [0.2, 0.25) is 0 Å². The molecule has 160 valence electrons. The molecule has 0 saturated carbocycles. The van der Waals surface area contributed by atoms with Crippen LogP contribution in [0.3, 0.4) is 0 Å². The molecule has 2 atom stereocenters. The van der Waals surface area contributed by atoms with Crippen molar-refractivity contribution in [3.63, 3.8) is 0 Å². The second kappa shape index (κ2) is 9.54. The topological polar surface area (TPSA) is 116 Å². The largest absolute Gasteiger partial charge is 0.394 e. The van der Waals surface area contributed by atoms with E-state index < -0.39 is 12.3 Å². The van der Waals surface area contributed by atoms with E-state index in [0.29, 0.717) is 28.1 Å². The van der Waals surface area contributed by atoms with Gasteiger partial charge in [-0.15, -0.1) is 11.3 Å². The second-order valence-electron chi connectivity index (χ2n) is 6.83. The first-order valence-corrected chi connectivity index (χ1v) is 10.8. The second-order valence-corrected chi connectivity index (χ2v) is 7.98. The zero-order valence-electron chi connectivity index (χ0n) is 16.3. The summed E-state index contributed by atoms with van der Waals surface area (Å²) in [5.41, 5.74) is 4.43. The quantitative estimate of drug-likeness (QED) is 0.300. The van der Waals surface area contributed by atoms with Gasteiger partial charge in [0.25, 0.3) is 0 Å². The van der Waals surface area contributed by atoms with E-state index in [-0.39, 0.29) is 13.2 Å². The maximum Gasteiger partial charge on any atom is 0.181 e. The predicted molar refractivity (Wildman–Crippen MR) is 120 cm³/mol. The third-order valence-corrected chi connectivity index (χ3v) is 5.37. The lowest BCUT2D eigenvalue weighted by atomic mass is 10.2. The maximum absolute atomic E-state index is 10.2. The van der Waals surface area contributed by atoms with Gasteiger partial charge in [-0.05, 0) is 36.4 Å². The van der Waals surface area contributed by atoms with Crippen molar-refractivity contribution in [1.82, 2.24) is 19.7 Å². The molecule has 31 heavy (non-hydrogen) atoms. The maximum atomic E-state index is 10.2. The summed E-state index contributed by atoms with van der Waals surface area (Å²) in [6.45, 7) is -0.300. The summed E-state index contributed by atoms with van der Waals surface area (Å²) >= 11 is 7.51. The normalized spacial score (nSPS) is 13.2. The summed E-state index contributed by atoms with van der Waals surface area (Å²) in [6, 6.07) is 14.5. The van der Waals surface area contributed by atoms with Gasteiger partial charge < -0.3 is 20.6 Å². The molecule has 0 radical (unpaired) electrons. The molecule has 0 aliphatic rings. The Morgan fingerprint density at radius 1 is 1.10 bits per heavy atom. The van der Waals surface area contributed by atoms with Crippen LogP contribution in [0, 0.1) is 0 Å². The van der Waals surface area contributed by atoms with Crippen LogP contribution in [-0.2, 0) is 6.54 Å². The number of anilines is 1. The third kappa shape index (κ3) is 5.09. The summed E-state index contributed by atoms with van der Waals surface area (Å²) in [4.78, 5) is 8.73. The minimum atomic E-state index is -0.971. The molecule has 4 rings (SSSR count). The number of nitrogens with zero attached hydrogens (tertiary/aromatic N) is 4. The molecular weight excluding hydrogens is 438 g/mol. The lowest BCUT2D eigenvalue weighted by Gasteiger charge is -2.13. The van der Waals surface area contributed by atoms with Gasteiger partial charge in [0.1, 0.15) is 5.69 Å². The lowest BCUT2D eigenvalue weighted by Crippen LogP contribution is -2.21. The van der Waals surface area contributed by atoms with E-state index in [4.69, 9.17) is 11.6 Å². The molecule has 0 saturated heterocycles. The molecule has 0 amide bonds. The van der Waals surface area contributed by atoms with E-state index in [9.17, 15) is 15.3 Å². The van der Waals surface area contributed by atoms with Crippen molar-refractivity contribution in [3.05, 3.63) is 70.1 Å². The molecule has 0 aliphatic carbocycles. The van der Waals surface area contributed by atoms with Gasteiger partial charge >= 0.3 is 0 Å². The van der Waals surface area contributed by atoms with Crippen LogP contribution < -0.4 is 5.32 Å². The molecule has 4 N–H and O–H groups in total. The van der Waals surface area contributed by atoms with E-state index in [1.54, 1.807) is 27.7 Å². The first kappa shape index (κ1) is 21.4.